The number of rotatable bonds is 10. The quantitative estimate of drug-likeness (QED) is 0.465. The topological polar surface area (TPSA) is 24.1 Å². The summed E-state index contributed by atoms with van der Waals surface area (Å²) in [5.41, 5.74) is 3.84. The van der Waals surface area contributed by atoms with Crippen LogP contribution in [0.3, 0.4) is 0 Å². The standard InChI is InChI=1S/C19H32N2/c1-7-11-13-18(20-6)14-21-15-19(16(5)9-3)17(10-4)12-8-2/h10,15,18,20-21H,5,8-9,12-14H2,1-4,6H3/b17-10-,19-15-. The van der Waals surface area contributed by atoms with Gasteiger partial charge in [-0.2, -0.15) is 0 Å². The Balaban J connectivity index is 4.83. The van der Waals surface area contributed by atoms with Crippen LogP contribution in [0.2, 0.25) is 0 Å². The molecule has 0 aromatic carbocycles. The summed E-state index contributed by atoms with van der Waals surface area (Å²) >= 11 is 0. The van der Waals surface area contributed by atoms with Crippen LogP contribution in [0.25, 0.3) is 0 Å². The Kier molecular flexibility index (Phi) is 11.4. The fourth-order valence-corrected chi connectivity index (χ4v) is 2.12. The zero-order valence-corrected chi connectivity index (χ0v) is 14.5. The molecule has 0 spiro atoms. The Labute approximate surface area is 131 Å². The third kappa shape index (κ3) is 7.78. The number of allylic oxidation sites excluding steroid dienone is 4. The van der Waals surface area contributed by atoms with E-state index >= 15 is 0 Å². The minimum Gasteiger partial charge on any atom is -0.389 e. The molecular formula is C19H32N2. The molecule has 0 amide bonds. The summed E-state index contributed by atoms with van der Waals surface area (Å²) in [4.78, 5) is 0. The second kappa shape index (κ2) is 12.3. The van der Waals surface area contributed by atoms with Crippen molar-refractivity contribution in [3.63, 3.8) is 0 Å². The van der Waals surface area contributed by atoms with E-state index < -0.39 is 0 Å². The van der Waals surface area contributed by atoms with Crippen molar-refractivity contribution in [2.45, 2.75) is 59.4 Å². The van der Waals surface area contributed by atoms with Crippen LogP contribution in [0.5, 0.6) is 0 Å². The van der Waals surface area contributed by atoms with Crippen molar-refractivity contribution >= 4 is 0 Å². The maximum Gasteiger partial charge on any atom is 0.0347 e. The average Bonchev–Trinajstić information content (AvgIpc) is 2.52. The smallest absolute Gasteiger partial charge is 0.0347 e. The molecule has 118 valence electrons. The lowest BCUT2D eigenvalue weighted by atomic mass is 9.94. The van der Waals surface area contributed by atoms with E-state index in [9.17, 15) is 0 Å². The van der Waals surface area contributed by atoms with Gasteiger partial charge in [-0.3, -0.25) is 0 Å². The number of hydrogen-bond donors (Lipinski definition) is 2. The molecule has 0 aromatic rings. The first-order valence-corrected chi connectivity index (χ1v) is 7.98. The predicted octanol–water partition coefficient (Wildman–Crippen LogP) is 4.17. The minimum atomic E-state index is 0.366. The molecule has 2 nitrogen and oxygen atoms in total. The average molecular weight is 288 g/mol. The summed E-state index contributed by atoms with van der Waals surface area (Å²) in [7, 11) is 1.98. The highest BCUT2D eigenvalue weighted by Crippen LogP contribution is 2.23. The molecule has 0 aliphatic heterocycles. The fourth-order valence-electron chi connectivity index (χ4n) is 2.12. The molecule has 0 aliphatic carbocycles. The lowest BCUT2D eigenvalue weighted by Gasteiger charge is -2.17. The van der Waals surface area contributed by atoms with Gasteiger partial charge in [-0.15, -0.1) is 11.8 Å². The van der Waals surface area contributed by atoms with Crippen LogP contribution in [-0.2, 0) is 0 Å². The molecule has 0 saturated heterocycles. The fraction of sp³-hybridized carbons (Fsp3) is 0.579. The Morgan fingerprint density at radius 2 is 2.05 bits per heavy atom. The van der Waals surface area contributed by atoms with Gasteiger partial charge in [0, 0.05) is 25.2 Å². The van der Waals surface area contributed by atoms with E-state index in [0.29, 0.717) is 6.04 Å². The SMILES string of the molecule is C=C(CC)C(=C/NCC(CC#CC)NC)/C(=C\C)CCC. The Bertz CT molecular complexity index is 419. The van der Waals surface area contributed by atoms with Crippen molar-refractivity contribution < 1.29 is 0 Å². The zero-order chi connectivity index (χ0) is 16.1. The summed E-state index contributed by atoms with van der Waals surface area (Å²) in [6.45, 7) is 13.4. The zero-order valence-electron chi connectivity index (χ0n) is 14.5. The molecule has 2 N–H and O–H groups in total. The monoisotopic (exact) mass is 288 g/mol. The van der Waals surface area contributed by atoms with Gasteiger partial charge in [-0.25, -0.2) is 0 Å². The number of likely N-dealkylation sites (N-methyl/N-ethyl adjacent to an activating group) is 1. The van der Waals surface area contributed by atoms with Crippen molar-refractivity contribution in [2.24, 2.45) is 0 Å². The van der Waals surface area contributed by atoms with Gasteiger partial charge >= 0.3 is 0 Å². The highest BCUT2D eigenvalue weighted by molar-refractivity contribution is 5.44. The van der Waals surface area contributed by atoms with Gasteiger partial charge in [0.1, 0.15) is 0 Å². The maximum absolute atomic E-state index is 4.21. The lowest BCUT2D eigenvalue weighted by Crippen LogP contribution is -2.34. The van der Waals surface area contributed by atoms with Crippen molar-refractivity contribution in [3.8, 4) is 11.8 Å². The minimum absolute atomic E-state index is 0.366. The Morgan fingerprint density at radius 1 is 1.33 bits per heavy atom. The van der Waals surface area contributed by atoms with Crippen LogP contribution in [0.15, 0.2) is 35.6 Å². The first-order chi connectivity index (χ1) is 10.1. The van der Waals surface area contributed by atoms with Gasteiger partial charge in [0.05, 0.1) is 0 Å². The Hall–Kier alpha value is -1.46. The van der Waals surface area contributed by atoms with Gasteiger partial charge < -0.3 is 10.6 Å². The summed E-state index contributed by atoms with van der Waals surface area (Å²) < 4.78 is 0. The van der Waals surface area contributed by atoms with Gasteiger partial charge in [0.15, 0.2) is 0 Å². The second-order valence-corrected chi connectivity index (χ2v) is 5.10. The largest absolute Gasteiger partial charge is 0.389 e. The van der Waals surface area contributed by atoms with E-state index in [2.05, 4.69) is 62.1 Å². The highest BCUT2D eigenvalue weighted by Gasteiger charge is 2.07. The van der Waals surface area contributed by atoms with Crippen LogP contribution < -0.4 is 10.6 Å². The van der Waals surface area contributed by atoms with E-state index in [4.69, 9.17) is 0 Å². The van der Waals surface area contributed by atoms with Crippen molar-refractivity contribution in [1.82, 2.24) is 10.6 Å². The first-order valence-electron chi connectivity index (χ1n) is 7.98. The molecule has 21 heavy (non-hydrogen) atoms. The predicted molar refractivity (Wildman–Crippen MR) is 95.1 cm³/mol. The Morgan fingerprint density at radius 3 is 2.52 bits per heavy atom. The molecular weight excluding hydrogens is 256 g/mol. The molecule has 0 saturated carbocycles. The van der Waals surface area contributed by atoms with Crippen LogP contribution in [-0.4, -0.2) is 19.6 Å². The lowest BCUT2D eigenvalue weighted by molar-refractivity contribution is 0.553. The van der Waals surface area contributed by atoms with Crippen LogP contribution in [0.1, 0.15) is 53.4 Å². The van der Waals surface area contributed by atoms with E-state index in [1.807, 2.05) is 14.0 Å². The van der Waals surface area contributed by atoms with E-state index in [0.717, 1.165) is 32.2 Å². The molecule has 0 bridgehead atoms. The van der Waals surface area contributed by atoms with Crippen molar-refractivity contribution in [1.29, 1.82) is 0 Å². The maximum atomic E-state index is 4.21. The third-order valence-corrected chi connectivity index (χ3v) is 3.57. The highest BCUT2D eigenvalue weighted by atomic mass is 14.9. The van der Waals surface area contributed by atoms with Crippen molar-refractivity contribution in [3.05, 3.63) is 35.6 Å². The summed E-state index contributed by atoms with van der Waals surface area (Å²) in [5, 5.41) is 6.73. The van der Waals surface area contributed by atoms with Crippen LogP contribution in [0.4, 0.5) is 0 Å². The summed E-state index contributed by atoms with van der Waals surface area (Å²) in [6.07, 6.45) is 8.42. The number of nitrogens with one attached hydrogen (secondary N) is 2. The van der Waals surface area contributed by atoms with Crippen molar-refractivity contribution in [2.75, 3.05) is 13.6 Å². The van der Waals surface area contributed by atoms with E-state index in [1.165, 1.54) is 16.7 Å². The van der Waals surface area contributed by atoms with Gasteiger partial charge in [0.25, 0.3) is 0 Å². The molecule has 0 rings (SSSR count). The molecule has 0 heterocycles. The first kappa shape index (κ1) is 19.5. The molecule has 0 radical (unpaired) electrons. The second-order valence-electron chi connectivity index (χ2n) is 5.10. The normalized spacial score (nSPS) is 13.4. The van der Waals surface area contributed by atoms with Crippen LogP contribution >= 0.6 is 0 Å². The van der Waals surface area contributed by atoms with Gasteiger partial charge in [0.2, 0.25) is 0 Å². The summed E-state index contributed by atoms with van der Waals surface area (Å²) in [5.74, 6) is 6.07. The molecule has 0 fully saturated rings. The molecule has 0 aliphatic rings. The van der Waals surface area contributed by atoms with Gasteiger partial charge in [-0.05, 0) is 50.5 Å². The van der Waals surface area contributed by atoms with Crippen LogP contribution in [0, 0.1) is 11.8 Å². The van der Waals surface area contributed by atoms with E-state index in [-0.39, 0.29) is 0 Å². The molecule has 2 heteroatoms. The van der Waals surface area contributed by atoms with Gasteiger partial charge in [-0.1, -0.05) is 32.9 Å². The molecule has 1 atom stereocenters. The molecule has 1 unspecified atom stereocenters. The van der Waals surface area contributed by atoms with E-state index in [1.54, 1.807) is 0 Å². The summed E-state index contributed by atoms with van der Waals surface area (Å²) in [6, 6.07) is 0.366. The molecule has 0 aromatic heterocycles. The third-order valence-electron chi connectivity index (χ3n) is 3.57. The number of hydrogen-bond acceptors (Lipinski definition) is 2.